The summed E-state index contributed by atoms with van der Waals surface area (Å²) >= 11 is 0. The normalized spacial score (nSPS) is 45.1. The minimum Gasteiger partial charge on any atom is -0.392 e. The molecule has 188 valence electrons. The molecule has 1 spiro atoms. The highest BCUT2D eigenvalue weighted by atomic mass is 16.3. The van der Waals surface area contributed by atoms with Crippen molar-refractivity contribution in [3.8, 4) is 0 Å². The van der Waals surface area contributed by atoms with Crippen LogP contribution in [-0.4, -0.2) is 58.7 Å². The number of rotatable bonds is 10. The fourth-order valence-corrected chi connectivity index (χ4v) is 10.4. The van der Waals surface area contributed by atoms with Crippen molar-refractivity contribution in [2.75, 3.05) is 18.5 Å². The number of aliphatic hydroxyl groups excluding tert-OH is 2. The molecule has 2 N–H and O–H groups in total. The summed E-state index contributed by atoms with van der Waals surface area (Å²) < 4.78 is 0.900. The average molecular weight is 468 g/mol. The minimum absolute atomic E-state index is 0.135. The molecule has 5 bridgehead atoms. The molecule has 4 saturated heterocycles. The lowest BCUT2D eigenvalue weighted by Gasteiger charge is -2.68. The zero-order chi connectivity index (χ0) is 23.7. The Morgan fingerprint density at radius 3 is 2.41 bits per heavy atom. The zero-order valence-corrected chi connectivity index (χ0v) is 21.7. The van der Waals surface area contributed by atoms with Gasteiger partial charge in [-0.2, -0.15) is 0 Å². The van der Waals surface area contributed by atoms with Crippen LogP contribution in [0.15, 0.2) is 24.3 Å². The lowest BCUT2D eigenvalue weighted by atomic mass is 9.60. The number of likely N-dealkylation sites (N-methyl/N-ethyl adjacent to an activating group) is 1. The largest absolute Gasteiger partial charge is 0.392 e. The van der Waals surface area contributed by atoms with Crippen LogP contribution in [0.3, 0.4) is 0 Å². The molecular formula is C30H47N2O2+. The van der Waals surface area contributed by atoms with E-state index in [1.807, 2.05) is 0 Å². The van der Waals surface area contributed by atoms with Gasteiger partial charge in [0.05, 0.1) is 30.1 Å². The molecule has 34 heavy (non-hydrogen) atoms. The Kier molecular flexibility index (Phi) is 5.82. The summed E-state index contributed by atoms with van der Waals surface area (Å²) in [5.74, 6) is 1.17. The van der Waals surface area contributed by atoms with E-state index in [1.54, 1.807) is 0 Å². The van der Waals surface area contributed by atoms with Gasteiger partial charge >= 0.3 is 0 Å². The van der Waals surface area contributed by atoms with Crippen molar-refractivity contribution in [3.63, 3.8) is 0 Å². The van der Waals surface area contributed by atoms with Gasteiger partial charge in [0.2, 0.25) is 0 Å². The molecule has 5 fully saturated rings. The maximum absolute atomic E-state index is 12.1. The summed E-state index contributed by atoms with van der Waals surface area (Å²) in [7, 11) is 2.27. The van der Waals surface area contributed by atoms with E-state index in [2.05, 4.69) is 50.1 Å². The zero-order valence-electron chi connectivity index (χ0n) is 21.7. The van der Waals surface area contributed by atoms with Gasteiger partial charge in [-0.3, -0.25) is 4.48 Å². The van der Waals surface area contributed by atoms with Crippen molar-refractivity contribution in [2.24, 2.45) is 17.8 Å². The smallest absolute Gasteiger partial charge is 0.194 e. The van der Waals surface area contributed by atoms with Gasteiger partial charge in [-0.15, -0.1) is 0 Å². The van der Waals surface area contributed by atoms with Crippen molar-refractivity contribution in [3.05, 3.63) is 29.8 Å². The standard InChI is InChI=1S/C30H47N2O2/c1-4-6-7-8-9-10-11-14-17-32-24-18-21(20(5-2)29(32)34)26-25(32)19-30(28(26)33)22-15-12-13-16-23(22)31(3)27(24)30/h12-13,15-16,20-21,24-29,33-34H,4-11,14,17-19H2,1-3H3/q+1/t20-,21+,24-,25-,26+,27-,28-,29+,30+,32+/m0/s1. The quantitative estimate of drug-likeness (QED) is 0.367. The first kappa shape index (κ1) is 23.3. The molecule has 1 aromatic carbocycles. The van der Waals surface area contributed by atoms with Crippen molar-refractivity contribution in [2.45, 2.75) is 120 Å². The average Bonchev–Trinajstić information content (AvgIpc) is 3.23. The molecule has 0 amide bonds. The third-order valence-corrected chi connectivity index (χ3v) is 11.5. The number of para-hydroxylation sites is 1. The Labute approximate surface area is 206 Å². The first-order valence-corrected chi connectivity index (χ1v) is 14.6. The van der Waals surface area contributed by atoms with Crippen molar-refractivity contribution in [1.82, 2.24) is 0 Å². The fraction of sp³-hybridized carbons (Fsp3) is 0.800. The van der Waals surface area contributed by atoms with Gasteiger partial charge < -0.3 is 15.1 Å². The van der Waals surface area contributed by atoms with Crippen LogP contribution < -0.4 is 4.90 Å². The number of hydrogen-bond acceptors (Lipinski definition) is 3. The lowest BCUT2D eigenvalue weighted by molar-refractivity contribution is -1.04. The van der Waals surface area contributed by atoms with E-state index in [1.165, 1.54) is 69.0 Å². The van der Waals surface area contributed by atoms with E-state index >= 15 is 0 Å². The number of quaternary nitrogens is 1. The summed E-state index contributed by atoms with van der Waals surface area (Å²) in [4.78, 5) is 2.52. The van der Waals surface area contributed by atoms with Crippen LogP contribution in [0.25, 0.3) is 0 Å². The Balaban J connectivity index is 1.31. The predicted octanol–water partition coefficient (Wildman–Crippen LogP) is 5.21. The first-order chi connectivity index (χ1) is 16.5. The number of nitrogens with zero attached hydrogens (tertiary/aromatic N) is 2. The molecule has 7 rings (SSSR count). The third kappa shape index (κ3) is 2.77. The monoisotopic (exact) mass is 467 g/mol. The molecule has 6 aliphatic rings. The van der Waals surface area contributed by atoms with Gasteiger partial charge in [-0.05, 0) is 36.8 Å². The van der Waals surface area contributed by atoms with Crippen LogP contribution in [0.2, 0.25) is 0 Å². The van der Waals surface area contributed by atoms with Gasteiger partial charge in [0, 0.05) is 37.4 Å². The fourth-order valence-electron chi connectivity index (χ4n) is 10.4. The summed E-state index contributed by atoms with van der Waals surface area (Å²) in [5, 5.41) is 24.2. The summed E-state index contributed by atoms with van der Waals surface area (Å²) in [6, 6.07) is 10.1. The van der Waals surface area contributed by atoms with E-state index in [0.717, 1.165) is 23.9 Å². The molecule has 4 nitrogen and oxygen atoms in total. The maximum Gasteiger partial charge on any atom is 0.194 e. The van der Waals surface area contributed by atoms with Crippen LogP contribution in [0.5, 0.6) is 0 Å². The third-order valence-electron chi connectivity index (χ3n) is 11.5. The predicted molar refractivity (Wildman–Crippen MR) is 138 cm³/mol. The molecule has 1 aliphatic carbocycles. The van der Waals surface area contributed by atoms with Crippen molar-refractivity contribution < 1.29 is 14.7 Å². The van der Waals surface area contributed by atoms with Gasteiger partial charge in [0.1, 0.15) is 6.04 Å². The van der Waals surface area contributed by atoms with Crippen LogP contribution in [0, 0.1) is 17.8 Å². The van der Waals surface area contributed by atoms with E-state index in [4.69, 9.17) is 0 Å². The van der Waals surface area contributed by atoms with E-state index in [0.29, 0.717) is 35.9 Å². The molecule has 5 heterocycles. The highest BCUT2D eigenvalue weighted by molar-refractivity contribution is 5.66. The number of unbranched alkanes of at least 4 members (excludes halogenated alkanes) is 7. The molecule has 10 atom stereocenters. The molecule has 4 heteroatoms. The second-order valence-electron chi connectivity index (χ2n) is 12.6. The maximum atomic E-state index is 12.1. The van der Waals surface area contributed by atoms with E-state index < -0.39 is 0 Å². The second kappa shape index (κ2) is 8.49. The molecule has 0 unspecified atom stereocenters. The Morgan fingerprint density at radius 1 is 0.971 bits per heavy atom. The molecule has 5 aliphatic heterocycles. The van der Waals surface area contributed by atoms with Crippen molar-refractivity contribution in [1.29, 1.82) is 0 Å². The number of piperidine rings is 4. The summed E-state index contributed by atoms with van der Waals surface area (Å²) in [5.41, 5.74) is 2.58. The molecule has 0 aromatic heterocycles. The van der Waals surface area contributed by atoms with Crippen LogP contribution in [0.4, 0.5) is 5.69 Å². The van der Waals surface area contributed by atoms with Crippen LogP contribution in [-0.2, 0) is 5.41 Å². The Hall–Kier alpha value is -1.10. The number of fused-ring (bicyclic) bond motifs is 2. The molecule has 0 radical (unpaired) electrons. The Bertz CT molecular complexity index is 906. The Morgan fingerprint density at radius 2 is 1.68 bits per heavy atom. The number of anilines is 1. The summed E-state index contributed by atoms with van der Waals surface area (Å²) in [6.45, 7) is 5.66. The van der Waals surface area contributed by atoms with Gasteiger partial charge in [-0.1, -0.05) is 70.6 Å². The summed E-state index contributed by atoms with van der Waals surface area (Å²) in [6.07, 6.45) is 13.4. The van der Waals surface area contributed by atoms with Crippen LogP contribution in [0.1, 0.15) is 90.0 Å². The number of aliphatic hydroxyl groups is 2. The second-order valence-corrected chi connectivity index (χ2v) is 12.6. The topological polar surface area (TPSA) is 43.7 Å². The number of benzene rings is 1. The van der Waals surface area contributed by atoms with E-state index in [9.17, 15) is 10.2 Å². The molecule has 1 saturated carbocycles. The molecule has 1 aromatic rings. The minimum atomic E-state index is -0.274. The highest BCUT2D eigenvalue weighted by Crippen LogP contribution is 2.71. The molecular weight excluding hydrogens is 420 g/mol. The van der Waals surface area contributed by atoms with Gasteiger partial charge in [-0.25, -0.2) is 0 Å². The van der Waals surface area contributed by atoms with Gasteiger partial charge in [0.25, 0.3) is 0 Å². The SMILES string of the molecule is CCCCCCCCCC[N@@+]12[C@H](O)[C@@H](CC)[C@H]3C[C@H]1[C@@H]1N(C)c4ccccc4[C@]14C[C@H]2[C@@H]3[C@@H]4O. The van der Waals surface area contributed by atoms with Crippen LogP contribution >= 0.6 is 0 Å². The van der Waals surface area contributed by atoms with E-state index in [-0.39, 0.29) is 17.7 Å². The van der Waals surface area contributed by atoms with Gasteiger partial charge in [0.15, 0.2) is 6.23 Å². The highest BCUT2D eigenvalue weighted by Gasteiger charge is 2.82. The van der Waals surface area contributed by atoms with Crippen molar-refractivity contribution >= 4 is 5.69 Å². The lowest BCUT2D eigenvalue weighted by Crippen LogP contribution is -2.83. The first-order valence-electron chi connectivity index (χ1n) is 14.6. The number of hydrogen-bond donors (Lipinski definition) is 2.